The van der Waals surface area contributed by atoms with Crippen molar-refractivity contribution in [3.63, 3.8) is 0 Å². The number of fused-ring (bicyclic) bond motifs is 2. The number of Topliss-reactive ketones (excluding diaryl/α,β-unsaturated/α-hetero) is 1. The quantitative estimate of drug-likeness (QED) is 0.846. The van der Waals surface area contributed by atoms with E-state index in [0.717, 1.165) is 18.4 Å². The molecule has 2 saturated heterocycles. The first kappa shape index (κ1) is 13.3. The molecule has 2 bridgehead atoms. The molecule has 3 heteroatoms. The van der Waals surface area contributed by atoms with Gasteiger partial charge in [0.2, 0.25) is 0 Å². The maximum Gasteiger partial charge on any atom is 0.140 e. The summed E-state index contributed by atoms with van der Waals surface area (Å²) in [6, 6.07) is 10.8. The van der Waals surface area contributed by atoms with Crippen LogP contribution in [0.4, 0.5) is 0 Å². The lowest BCUT2D eigenvalue weighted by Gasteiger charge is -2.35. The Balaban J connectivity index is 1.70. The van der Waals surface area contributed by atoms with Crippen LogP contribution in [0.3, 0.4) is 0 Å². The summed E-state index contributed by atoms with van der Waals surface area (Å²) in [5.74, 6) is 0.508. The van der Waals surface area contributed by atoms with Gasteiger partial charge in [0, 0.05) is 24.4 Å². The van der Waals surface area contributed by atoms with E-state index < -0.39 is 0 Å². The number of ketones is 1. The van der Waals surface area contributed by atoms with Crippen LogP contribution in [0.1, 0.15) is 36.8 Å². The number of benzene rings is 1. The van der Waals surface area contributed by atoms with Gasteiger partial charge in [-0.25, -0.2) is 0 Å². The minimum Gasteiger partial charge on any atom is -0.300 e. The number of nitriles is 1. The topological polar surface area (TPSA) is 44.1 Å². The maximum atomic E-state index is 12.5. The molecule has 0 radical (unpaired) electrons. The molecule has 20 heavy (non-hydrogen) atoms. The zero-order valence-electron chi connectivity index (χ0n) is 11.9. The molecular formula is C17H20N2O. The smallest absolute Gasteiger partial charge is 0.140 e. The highest BCUT2D eigenvalue weighted by Gasteiger charge is 2.40. The molecule has 0 amide bonds. The highest BCUT2D eigenvalue weighted by atomic mass is 16.1. The van der Waals surface area contributed by atoms with Crippen LogP contribution in [0.5, 0.6) is 0 Å². The van der Waals surface area contributed by atoms with Gasteiger partial charge >= 0.3 is 0 Å². The Morgan fingerprint density at radius 1 is 1.30 bits per heavy atom. The van der Waals surface area contributed by atoms with Crippen LogP contribution < -0.4 is 0 Å². The summed E-state index contributed by atoms with van der Waals surface area (Å²) in [6.07, 6.45) is 4.89. The molecule has 0 saturated carbocycles. The van der Waals surface area contributed by atoms with E-state index in [1.807, 2.05) is 18.2 Å². The maximum absolute atomic E-state index is 12.5. The number of piperidine rings is 1. The highest BCUT2D eigenvalue weighted by Crippen LogP contribution is 2.38. The average Bonchev–Trinajstić information content (AvgIpc) is 2.68. The van der Waals surface area contributed by atoms with E-state index in [9.17, 15) is 4.79 Å². The third-order valence-corrected chi connectivity index (χ3v) is 5.06. The van der Waals surface area contributed by atoms with E-state index in [4.69, 9.17) is 5.26 Å². The zero-order chi connectivity index (χ0) is 14.1. The predicted octanol–water partition coefficient (Wildman–Crippen LogP) is 2.54. The molecule has 2 fully saturated rings. The van der Waals surface area contributed by atoms with Crippen molar-refractivity contribution in [2.24, 2.45) is 5.92 Å². The fourth-order valence-electron chi connectivity index (χ4n) is 3.79. The molecule has 3 nitrogen and oxygen atoms in total. The summed E-state index contributed by atoms with van der Waals surface area (Å²) in [7, 11) is 2.19. The molecule has 2 atom stereocenters. The van der Waals surface area contributed by atoms with Gasteiger partial charge in [0.25, 0.3) is 0 Å². The van der Waals surface area contributed by atoms with Crippen molar-refractivity contribution in [3.05, 3.63) is 35.4 Å². The summed E-state index contributed by atoms with van der Waals surface area (Å²) >= 11 is 0. The van der Waals surface area contributed by atoms with Crippen molar-refractivity contribution in [2.45, 2.75) is 44.2 Å². The number of hydrogen-bond donors (Lipinski definition) is 0. The molecule has 2 aliphatic rings. The largest absolute Gasteiger partial charge is 0.300 e. The highest BCUT2D eigenvalue weighted by molar-refractivity contribution is 5.84. The van der Waals surface area contributed by atoms with Gasteiger partial charge in [0.05, 0.1) is 11.6 Å². The molecule has 104 valence electrons. The van der Waals surface area contributed by atoms with Crippen LogP contribution in [0.2, 0.25) is 0 Å². The van der Waals surface area contributed by atoms with Gasteiger partial charge in [-0.2, -0.15) is 5.26 Å². The molecule has 1 aromatic carbocycles. The van der Waals surface area contributed by atoms with Gasteiger partial charge < -0.3 is 4.90 Å². The van der Waals surface area contributed by atoms with Crippen molar-refractivity contribution < 1.29 is 4.79 Å². The standard InChI is InChI=1S/C17H20N2O/c1-19-15-6-7-16(19)9-14(8-15)17(20)10-12-4-2-3-5-13(12)11-18/h2-5,14-16H,6-10H2,1H3. The Morgan fingerprint density at radius 3 is 2.60 bits per heavy atom. The van der Waals surface area contributed by atoms with Crippen LogP contribution >= 0.6 is 0 Å². The number of rotatable bonds is 3. The molecule has 0 aromatic heterocycles. The van der Waals surface area contributed by atoms with Gasteiger partial charge in [-0.3, -0.25) is 4.79 Å². The summed E-state index contributed by atoms with van der Waals surface area (Å²) in [6.45, 7) is 0. The number of hydrogen-bond acceptors (Lipinski definition) is 3. The first-order chi connectivity index (χ1) is 9.69. The first-order valence-electron chi connectivity index (χ1n) is 7.41. The monoisotopic (exact) mass is 268 g/mol. The van der Waals surface area contributed by atoms with Crippen LogP contribution in [0, 0.1) is 17.2 Å². The number of carbonyl (C=O) groups is 1. The Bertz CT molecular complexity index is 546. The zero-order valence-corrected chi connectivity index (χ0v) is 11.9. The Labute approximate surface area is 120 Å². The van der Waals surface area contributed by atoms with E-state index in [0.29, 0.717) is 29.9 Å². The minimum atomic E-state index is 0.190. The van der Waals surface area contributed by atoms with Crippen LogP contribution in [0.25, 0.3) is 0 Å². The number of nitrogens with zero attached hydrogens (tertiary/aromatic N) is 2. The summed E-state index contributed by atoms with van der Waals surface area (Å²) in [5.41, 5.74) is 1.52. The van der Waals surface area contributed by atoms with Gasteiger partial charge in [-0.05, 0) is 44.4 Å². The molecule has 0 N–H and O–H groups in total. The summed E-state index contributed by atoms with van der Waals surface area (Å²) < 4.78 is 0. The lowest BCUT2D eigenvalue weighted by molar-refractivity contribution is -0.124. The second-order valence-electron chi connectivity index (χ2n) is 6.13. The van der Waals surface area contributed by atoms with Gasteiger partial charge in [-0.15, -0.1) is 0 Å². The normalized spacial score (nSPS) is 29.1. The van der Waals surface area contributed by atoms with Gasteiger partial charge in [0.1, 0.15) is 5.78 Å². The summed E-state index contributed by atoms with van der Waals surface area (Å²) in [4.78, 5) is 15.0. The van der Waals surface area contributed by atoms with E-state index in [1.54, 1.807) is 6.07 Å². The lowest BCUT2D eigenvalue weighted by atomic mass is 9.85. The minimum absolute atomic E-state index is 0.190. The van der Waals surface area contributed by atoms with Crippen molar-refractivity contribution in [1.82, 2.24) is 4.90 Å². The third-order valence-electron chi connectivity index (χ3n) is 5.06. The fourth-order valence-corrected chi connectivity index (χ4v) is 3.79. The Hall–Kier alpha value is -1.66. The molecule has 3 rings (SSSR count). The second-order valence-corrected chi connectivity index (χ2v) is 6.13. The molecule has 1 aromatic rings. The van der Waals surface area contributed by atoms with E-state index in [-0.39, 0.29) is 5.92 Å². The van der Waals surface area contributed by atoms with Crippen molar-refractivity contribution in [2.75, 3.05) is 7.05 Å². The Morgan fingerprint density at radius 2 is 1.95 bits per heavy atom. The van der Waals surface area contributed by atoms with Crippen LogP contribution in [-0.2, 0) is 11.2 Å². The van der Waals surface area contributed by atoms with Crippen molar-refractivity contribution in [1.29, 1.82) is 5.26 Å². The van der Waals surface area contributed by atoms with Crippen molar-refractivity contribution >= 4 is 5.78 Å². The molecule has 2 aliphatic heterocycles. The van der Waals surface area contributed by atoms with Gasteiger partial charge in [-0.1, -0.05) is 18.2 Å². The van der Waals surface area contributed by atoms with Crippen LogP contribution in [0.15, 0.2) is 24.3 Å². The second kappa shape index (κ2) is 5.38. The Kier molecular flexibility index (Phi) is 3.58. The predicted molar refractivity (Wildman–Crippen MR) is 77.2 cm³/mol. The first-order valence-corrected chi connectivity index (χ1v) is 7.41. The molecular weight excluding hydrogens is 248 g/mol. The third kappa shape index (κ3) is 2.36. The fraction of sp³-hybridized carbons (Fsp3) is 0.529. The lowest BCUT2D eigenvalue weighted by Crippen LogP contribution is -2.42. The average molecular weight is 268 g/mol. The van der Waals surface area contributed by atoms with E-state index in [1.165, 1.54) is 12.8 Å². The molecule has 0 aliphatic carbocycles. The molecule has 2 heterocycles. The number of carbonyl (C=O) groups excluding carboxylic acids is 1. The van der Waals surface area contributed by atoms with Gasteiger partial charge in [0.15, 0.2) is 0 Å². The SMILES string of the molecule is CN1C2CCC1CC(C(=O)Cc1ccccc1C#N)C2. The van der Waals surface area contributed by atoms with Crippen LogP contribution in [-0.4, -0.2) is 29.8 Å². The molecule has 2 unspecified atom stereocenters. The van der Waals surface area contributed by atoms with E-state index in [2.05, 4.69) is 18.0 Å². The summed E-state index contributed by atoms with van der Waals surface area (Å²) in [5, 5.41) is 9.10. The van der Waals surface area contributed by atoms with Crippen molar-refractivity contribution in [3.8, 4) is 6.07 Å². The van der Waals surface area contributed by atoms with E-state index >= 15 is 0 Å². The molecule has 0 spiro atoms.